The predicted octanol–water partition coefficient (Wildman–Crippen LogP) is 2.50. The van der Waals surface area contributed by atoms with Crippen LogP contribution in [0.5, 0.6) is 0 Å². The zero-order chi connectivity index (χ0) is 19.7. The van der Waals surface area contributed by atoms with Gasteiger partial charge in [-0.15, -0.1) is 0 Å². The zero-order valence-electron chi connectivity index (χ0n) is 15.5. The summed E-state index contributed by atoms with van der Waals surface area (Å²) in [6, 6.07) is 18.7. The molecule has 1 heterocycles. The van der Waals surface area contributed by atoms with Crippen molar-refractivity contribution in [3.8, 4) is 0 Å². The van der Waals surface area contributed by atoms with Crippen LogP contribution in [-0.2, 0) is 22.6 Å². The Morgan fingerprint density at radius 2 is 1.75 bits per heavy atom. The van der Waals surface area contributed by atoms with Crippen molar-refractivity contribution >= 4 is 5.97 Å². The Bertz CT molecular complexity index is 1020. The molecule has 1 aliphatic carbocycles. The van der Waals surface area contributed by atoms with Gasteiger partial charge in [0.25, 0.3) is 5.56 Å². The average molecular weight is 378 g/mol. The van der Waals surface area contributed by atoms with Crippen LogP contribution in [0.25, 0.3) is 0 Å². The van der Waals surface area contributed by atoms with Gasteiger partial charge < -0.3 is 14.9 Å². The second-order valence-electron chi connectivity index (χ2n) is 7.46. The molecule has 6 nitrogen and oxygen atoms in total. The van der Waals surface area contributed by atoms with Gasteiger partial charge in [-0.3, -0.25) is 14.7 Å². The quantitative estimate of drug-likeness (QED) is 0.608. The summed E-state index contributed by atoms with van der Waals surface area (Å²) in [4.78, 5) is 25.6. The summed E-state index contributed by atoms with van der Waals surface area (Å²) in [5, 5.41) is 16.6. The van der Waals surface area contributed by atoms with Crippen LogP contribution in [0.1, 0.15) is 35.2 Å². The van der Waals surface area contributed by atoms with Crippen molar-refractivity contribution in [3.05, 3.63) is 93.4 Å². The lowest BCUT2D eigenvalue weighted by molar-refractivity contribution is -0.161. The Morgan fingerprint density at radius 3 is 2.43 bits per heavy atom. The van der Waals surface area contributed by atoms with Crippen LogP contribution < -0.4 is 5.56 Å². The number of hydrogen-bond donors (Lipinski definition) is 3. The Hall–Kier alpha value is -3.12. The fraction of sp³-hybridized carbons (Fsp3) is 0.273. The van der Waals surface area contributed by atoms with Crippen molar-refractivity contribution in [1.29, 1.82) is 0 Å². The largest absolute Gasteiger partial charge is 0.460 e. The molecule has 6 heteroatoms. The van der Waals surface area contributed by atoms with Crippen molar-refractivity contribution in [2.24, 2.45) is 5.92 Å². The SMILES string of the molecule is C[C@]1(O)Cc2[nH][nH]c(=O)c2[C@H](c2ccccc2)[C@H]1C(=O)OCc1ccccc1. The highest BCUT2D eigenvalue weighted by Crippen LogP contribution is 2.44. The molecular formula is C22H22N2O4. The predicted molar refractivity (Wildman–Crippen MR) is 104 cm³/mol. The van der Waals surface area contributed by atoms with Crippen LogP contribution in [0, 0.1) is 5.92 Å². The zero-order valence-corrected chi connectivity index (χ0v) is 15.5. The van der Waals surface area contributed by atoms with Crippen molar-refractivity contribution < 1.29 is 14.6 Å². The first kappa shape index (κ1) is 18.3. The van der Waals surface area contributed by atoms with Gasteiger partial charge >= 0.3 is 5.97 Å². The average Bonchev–Trinajstić information content (AvgIpc) is 3.05. The molecule has 2 aromatic carbocycles. The van der Waals surface area contributed by atoms with Gasteiger partial charge in [-0.25, -0.2) is 0 Å². The number of ether oxygens (including phenoxy) is 1. The Labute approximate surface area is 162 Å². The third-order valence-corrected chi connectivity index (χ3v) is 5.38. The summed E-state index contributed by atoms with van der Waals surface area (Å²) in [6.07, 6.45) is 0.162. The number of fused-ring (bicyclic) bond motifs is 1. The van der Waals surface area contributed by atoms with E-state index in [0.29, 0.717) is 11.3 Å². The monoisotopic (exact) mass is 378 g/mol. The molecule has 0 aliphatic heterocycles. The van der Waals surface area contributed by atoms with Crippen LogP contribution in [0.3, 0.4) is 0 Å². The van der Waals surface area contributed by atoms with E-state index < -0.39 is 23.4 Å². The van der Waals surface area contributed by atoms with E-state index in [1.165, 1.54) is 0 Å². The summed E-state index contributed by atoms with van der Waals surface area (Å²) in [7, 11) is 0. The van der Waals surface area contributed by atoms with Gasteiger partial charge in [0.1, 0.15) is 6.61 Å². The van der Waals surface area contributed by atoms with Gasteiger partial charge in [0.2, 0.25) is 0 Å². The van der Waals surface area contributed by atoms with Gasteiger partial charge in [0.05, 0.1) is 11.5 Å². The Kier molecular flexibility index (Phi) is 4.65. The molecule has 0 fully saturated rings. The molecule has 0 spiro atoms. The molecule has 3 N–H and O–H groups in total. The summed E-state index contributed by atoms with van der Waals surface area (Å²) in [5.74, 6) is -2.02. The van der Waals surface area contributed by atoms with Crippen LogP contribution in [0.15, 0.2) is 65.5 Å². The number of aromatic amines is 2. The molecule has 0 radical (unpaired) electrons. The fourth-order valence-corrected chi connectivity index (χ4v) is 4.09. The molecule has 1 aliphatic rings. The molecule has 0 saturated heterocycles. The minimum Gasteiger partial charge on any atom is -0.460 e. The van der Waals surface area contributed by atoms with Crippen LogP contribution >= 0.6 is 0 Å². The molecule has 4 rings (SSSR count). The van der Waals surface area contributed by atoms with E-state index in [2.05, 4.69) is 10.2 Å². The van der Waals surface area contributed by atoms with Gasteiger partial charge in [-0.2, -0.15) is 0 Å². The molecule has 144 valence electrons. The first-order chi connectivity index (χ1) is 13.5. The summed E-state index contributed by atoms with van der Waals surface area (Å²) >= 11 is 0. The molecule has 3 atom stereocenters. The van der Waals surface area contributed by atoms with Crippen molar-refractivity contribution in [2.45, 2.75) is 31.5 Å². The third-order valence-electron chi connectivity index (χ3n) is 5.38. The van der Waals surface area contributed by atoms with Crippen LogP contribution in [0.4, 0.5) is 0 Å². The molecular weight excluding hydrogens is 356 g/mol. The number of aromatic nitrogens is 2. The van der Waals surface area contributed by atoms with Gasteiger partial charge in [0.15, 0.2) is 0 Å². The number of nitrogens with one attached hydrogen (secondary N) is 2. The highest BCUT2D eigenvalue weighted by molar-refractivity contribution is 5.77. The fourth-order valence-electron chi connectivity index (χ4n) is 4.09. The lowest BCUT2D eigenvalue weighted by Crippen LogP contribution is -2.50. The van der Waals surface area contributed by atoms with E-state index in [9.17, 15) is 14.7 Å². The van der Waals surface area contributed by atoms with Crippen molar-refractivity contribution in [2.75, 3.05) is 0 Å². The van der Waals surface area contributed by atoms with Crippen molar-refractivity contribution in [1.82, 2.24) is 10.2 Å². The van der Waals surface area contributed by atoms with E-state index in [1.54, 1.807) is 6.92 Å². The number of carbonyl (C=O) groups is 1. The van der Waals surface area contributed by atoms with E-state index in [0.717, 1.165) is 11.1 Å². The molecule has 28 heavy (non-hydrogen) atoms. The number of esters is 1. The smallest absolute Gasteiger partial charge is 0.313 e. The second kappa shape index (κ2) is 7.13. The van der Waals surface area contributed by atoms with Gasteiger partial charge in [-0.1, -0.05) is 60.7 Å². The molecule has 0 amide bonds. The molecule has 0 unspecified atom stereocenters. The lowest BCUT2D eigenvalue weighted by atomic mass is 9.66. The van der Waals surface area contributed by atoms with Crippen LogP contribution in [-0.4, -0.2) is 26.9 Å². The highest BCUT2D eigenvalue weighted by Gasteiger charge is 2.51. The number of benzene rings is 2. The van der Waals surface area contributed by atoms with E-state index in [-0.39, 0.29) is 18.6 Å². The standard InChI is InChI=1S/C22H22N2O4/c1-22(27)12-16-18(20(25)24-23-16)17(15-10-6-3-7-11-15)19(22)21(26)28-13-14-8-4-2-5-9-14/h2-11,17,19,27H,12-13H2,1H3,(H2,23,24,25)/t17-,19-,22-/m0/s1. The maximum absolute atomic E-state index is 13.1. The number of H-pyrrole nitrogens is 2. The van der Waals surface area contributed by atoms with E-state index >= 15 is 0 Å². The number of aliphatic hydroxyl groups is 1. The minimum absolute atomic E-state index is 0.115. The second-order valence-corrected chi connectivity index (χ2v) is 7.46. The molecule has 0 saturated carbocycles. The topological polar surface area (TPSA) is 95.2 Å². The minimum atomic E-state index is -1.37. The van der Waals surface area contributed by atoms with E-state index in [1.807, 2.05) is 60.7 Å². The third kappa shape index (κ3) is 3.27. The number of carbonyl (C=O) groups excluding carboxylic acids is 1. The Morgan fingerprint density at radius 1 is 1.11 bits per heavy atom. The Balaban J connectivity index is 1.73. The summed E-state index contributed by atoms with van der Waals surface area (Å²) in [5.41, 5.74) is 1.11. The highest BCUT2D eigenvalue weighted by atomic mass is 16.5. The molecule has 3 aromatic rings. The van der Waals surface area contributed by atoms with Crippen LogP contribution in [0.2, 0.25) is 0 Å². The number of rotatable bonds is 4. The normalized spacial score (nSPS) is 23.8. The van der Waals surface area contributed by atoms with E-state index in [4.69, 9.17) is 4.74 Å². The molecule has 1 aromatic heterocycles. The number of hydrogen-bond acceptors (Lipinski definition) is 4. The van der Waals surface area contributed by atoms with Gasteiger partial charge in [0, 0.05) is 23.6 Å². The summed E-state index contributed by atoms with van der Waals surface area (Å²) in [6.45, 7) is 1.73. The maximum atomic E-state index is 13.1. The maximum Gasteiger partial charge on any atom is 0.313 e. The van der Waals surface area contributed by atoms with Gasteiger partial charge in [-0.05, 0) is 18.1 Å². The first-order valence-electron chi connectivity index (χ1n) is 9.24. The first-order valence-corrected chi connectivity index (χ1v) is 9.24. The van der Waals surface area contributed by atoms with Crippen molar-refractivity contribution in [3.63, 3.8) is 0 Å². The summed E-state index contributed by atoms with van der Waals surface area (Å²) < 4.78 is 5.56. The lowest BCUT2D eigenvalue weighted by Gasteiger charge is -2.40. The molecule has 0 bridgehead atoms.